The minimum absolute atomic E-state index is 0.0737. The first-order chi connectivity index (χ1) is 23.1. The average molecular weight is 602 g/mol. The van der Waals surface area contributed by atoms with E-state index in [0.29, 0.717) is 0 Å². The summed E-state index contributed by atoms with van der Waals surface area (Å²) in [4.78, 5) is 2.33. The van der Waals surface area contributed by atoms with Crippen molar-refractivity contribution in [3.8, 4) is 11.1 Å². The van der Waals surface area contributed by atoms with Gasteiger partial charge in [0.25, 0.3) is 0 Å². The van der Waals surface area contributed by atoms with Crippen molar-refractivity contribution in [3.05, 3.63) is 163 Å². The summed E-state index contributed by atoms with van der Waals surface area (Å²) < 4.78 is 6.32. The van der Waals surface area contributed by atoms with Crippen LogP contribution in [0.2, 0.25) is 0 Å². The molecule has 9 aromatic rings. The minimum Gasteiger partial charge on any atom is -0.456 e. The Morgan fingerprint density at radius 3 is 1.96 bits per heavy atom. The fourth-order valence-corrected chi connectivity index (χ4v) is 8.33. The Morgan fingerprint density at radius 2 is 1.11 bits per heavy atom. The molecule has 0 saturated heterocycles. The van der Waals surface area contributed by atoms with E-state index in [0.717, 1.165) is 39.0 Å². The maximum Gasteiger partial charge on any atom is 0.137 e. The minimum atomic E-state index is -0.0737. The van der Waals surface area contributed by atoms with Gasteiger partial charge in [-0.3, -0.25) is 0 Å². The first kappa shape index (κ1) is 26.4. The molecule has 0 fully saturated rings. The van der Waals surface area contributed by atoms with Crippen molar-refractivity contribution < 1.29 is 4.42 Å². The second-order valence-corrected chi connectivity index (χ2v) is 13.3. The molecule has 1 heterocycles. The summed E-state index contributed by atoms with van der Waals surface area (Å²) in [5.41, 5.74) is 10.6. The fraction of sp³-hybridized carbons (Fsp3) is 0.0667. The number of hydrogen-bond acceptors (Lipinski definition) is 2. The Hall–Kier alpha value is -5.86. The van der Waals surface area contributed by atoms with E-state index in [1.165, 1.54) is 54.6 Å². The van der Waals surface area contributed by atoms with E-state index in [1.54, 1.807) is 0 Å². The van der Waals surface area contributed by atoms with Gasteiger partial charge in [-0.05, 0) is 97.0 Å². The molecule has 1 aliphatic carbocycles. The van der Waals surface area contributed by atoms with Gasteiger partial charge in [0.15, 0.2) is 0 Å². The lowest BCUT2D eigenvalue weighted by Crippen LogP contribution is -2.15. The molecule has 0 radical (unpaired) electrons. The number of hydrogen-bond donors (Lipinski definition) is 0. The van der Waals surface area contributed by atoms with Gasteiger partial charge in [0.05, 0.1) is 0 Å². The average Bonchev–Trinajstić information content (AvgIpc) is 3.60. The van der Waals surface area contributed by atoms with Gasteiger partial charge >= 0.3 is 0 Å². The molecular formula is C45H31NO. The van der Waals surface area contributed by atoms with Crippen molar-refractivity contribution in [2.75, 3.05) is 4.90 Å². The van der Waals surface area contributed by atoms with Crippen LogP contribution in [0.15, 0.2) is 156 Å². The molecule has 222 valence electrons. The number of furan rings is 1. The molecule has 0 aliphatic heterocycles. The zero-order valence-electron chi connectivity index (χ0n) is 26.3. The lowest BCUT2D eigenvalue weighted by Gasteiger charge is -2.26. The normalized spacial score (nSPS) is 13.5. The van der Waals surface area contributed by atoms with Crippen molar-refractivity contribution in [2.45, 2.75) is 19.3 Å². The summed E-state index contributed by atoms with van der Waals surface area (Å²) in [5.74, 6) is 0. The SMILES string of the molecule is CC1(C)c2ccccc2-c2c1c1ccccc1c1c2ccc2cc(N(c3ccccc3)c3ccc4c(c3)oc3ccccc34)ccc21. The van der Waals surface area contributed by atoms with Crippen molar-refractivity contribution >= 4 is 71.3 Å². The molecule has 1 aliphatic rings. The summed E-state index contributed by atoms with van der Waals surface area (Å²) in [7, 11) is 0. The topological polar surface area (TPSA) is 16.4 Å². The van der Waals surface area contributed by atoms with E-state index in [1.807, 2.05) is 12.1 Å². The predicted molar refractivity (Wildman–Crippen MR) is 198 cm³/mol. The molecule has 1 aromatic heterocycles. The van der Waals surface area contributed by atoms with Gasteiger partial charge in [-0.15, -0.1) is 0 Å². The molecule has 0 atom stereocenters. The maximum atomic E-state index is 6.32. The third kappa shape index (κ3) is 3.67. The number of nitrogens with zero attached hydrogens (tertiary/aromatic N) is 1. The summed E-state index contributed by atoms with van der Waals surface area (Å²) in [6.45, 7) is 4.76. The zero-order chi connectivity index (χ0) is 31.3. The second-order valence-electron chi connectivity index (χ2n) is 13.3. The molecule has 0 N–H and O–H groups in total. The maximum absolute atomic E-state index is 6.32. The van der Waals surface area contributed by atoms with E-state index in [9.17, 15) is 0 Å². The molecule has 47 heavy (non-hydrogen) atoms. The number of anilines is 3. The smallest absolute Gasteiger partial charge is 0.137 e. The van der Waals surface area contributed by atoms with Crippen LogP contribution in [0, 0.1) is 0 Å². The van der Waals surface area contributed by atoms with Gasteiger partial charge in [0.2, 0.25) is 0 Å². The highest BCUT2D eigenvalue weighted by atomic mass is 16.3. The van der Waals surface area contributed by atoms with Crippen LogP contribution in [-0.4, -0.2) is 0 Å². The number of rotatable bonds is 3. The molecule has 2 heteroatoms. The lowest BCUT2D eigenvalue weighted by atomic mass is 9.79. The lowest BCUT2D eigenvalue weighted by molar-refractivity contribution is 0.666. The van der Waals surface area contributed by atoms with Crippen LogP contribution in [0.3, 0.4) is 0 Å². The molecule has 2 nitrogen and oxygen atoms in total. The van der Waals surface area contributed by atoms with Crippen molar-refractivity contribution in [1.29, 1.82) is 0 Å². The van der Waals surface area contributed by atoms with Gasteiger partial charge in [-0.25, -0.2) is 0 Å². The van der Waals surface area contributed by atoms with Gasteiger partial charge in [-0.1, -0.05) is 117 Å². The van der Waals surface area contributed by atoms with Crippen LogP contribution in [-0.2, 0) is 5.41 Å². The quantitative estimate of drug-likeness (QED) is 0.187. The van der Waals surface area contributed by atoms with Gasteiger partial charge < -0.3 is 9.32 Å². The van der Waals surface area contributed by atoms with E-state index in [-0.39, 0.29) is 5.41 Å². The van der Waals surface area contributed by atoms with E-state index in [2.05, 4.69) is 158 Å². The van der Waals surface area contributed by atoms with E-state index >= 15 is 0 Å². The van der Waals surface area contributed by atoms with E-state index in [4.69, 9.17) is 4.42 Å². The molecule has 0 bridgehead atoms. The highest BCUT2D eigenvalue weighted by Crippen LogP contribution is 2.55. The largest absolute Gasteiger partial charge is 0.456 e. The van der Waals surface area contributed by atoms with Crippen LogP contribution in [0.4, 0.5) is 17.1 Å². The molecule has 0 saturated carbocycles. The Morgan fingerprint density at radius 1 is 0.468 bits per heavy atom. The first-order valence-electron chi connectivity index (χ1n) is 16.4. The second kappa shape index (κ2) is 9.57. The number of benzene rings is 8. The Bertz CT molecular complexity index is 2720. The third-order valence-electron chi connectivity index (χ3n) is 10.4. The van der Waals surface area contributed by atoms with Crippen LogP contribution >= 0.6 is 0 Å². The highest BCUT2D eigenvalue weighted by molar-refractivity contribution is 6.26. The molecular weight excluding hydrogens is 571 g/mol. The zero-order valence-corrected chi connectivity index (χ0v) is 26.3. The molecule has 8 aromatic carbocycles. The standard InChI is InChI=1S/C45H31NO/c1-45(2)39-18-10-8-17-37(39)43-38-23-20-28-26-30(21-24-32(28)42(38)35-15-6-7-16-36(35)44(43)45)46(29-12-4-3-5-13-29)31-22-25-34-33-14-9-11-19-40(33)47-41(34)27-31/h3-27H,1-2H3. The third-order valence-corrected chi connectivity index (χ3v) is 10.4. The number of fused-ring (bicyclic) bond motifs is 13. The van der Waals surface area contributed by atoms with Crippen molar-refractivity contribution in [1.82, 2.24) is 0 Å². The Kier molecular flexibility index (Phi) is 5.37. The first-order valence-corrected chi connectivity index (χ1v) is 16.4. The van der Waals surface area contributed by atoms with Gasteiger partial charge in [0, 0.05) is 39.3 Å². The number of para-hydroxylation sites is 2. The van der Waals surface area contributed by atoms with Crippen LogP contribution in [0.5, 0.6) is 0 Å². The Balaban J connectivity index is 1.22. The van der Waals surface area contributed by atoms with Gasteiger partial charge in [0.1, 0.15) is 11.2 Å². The molecule has 0 unspecified atom stereocenters. The monoisotopic (exact) mass is 601 g/mol. The molecule has 10 rings (SSSR count). The fourth-order valence-electron chi connectivity index (χ4n) is 8.33. The van der Waals surface area contributed by atoms with E-state index < -0.39 is 0 Å². The summed E-state index contributed by atoms with van der Waals surface area (Å²) in [6.07, 6.45) is 0. The van der Waals surface area contributed by atoms with Crippen LogP contribution < -0.4 is 4.90 Å². The summed E-state index contributed by atoms with van der Waals surface area (Å²) >= 11 is 0. The molecule has 0 amide bonds. The summed E-state index contributed by atoms with van der Waals surface area (Å²) in [5, 5.41) is 10.1. The predicted octanol–water partition coefficient (Wildman–Crippen LogP) is 12.8. The summed E-state index contributed by atoms with van der Waals surface area (Å²) in [6, 6.07) is 55.0. The van der Waals surface area contributed by atoms with Gasteiger partial charge in [-0.2, -0.15) is 0 Å². The highest BCUT2D eigenvalue weighted by Gasteiger charge is 2.38. The van der Waals surface area contributed by atoms with Crippen molar-refractivity contribution in [3.63, 3.8) is 0 Å². The van der Waals surface area contributed by atoms with Crippen LogP contribution in [0.25, 0.3) is 65.4 Å². The Labute approximate surface area is 273 Å². The van der Waals surface area contributed by atoms with Crippen LogP contribution in [0.1, 0.15) is 25.0 Å². The molecule has 0 spiro atoms. The van der Waals surface area contributed by atoms with Crippen molar-refractivity contribution in [2.24, 2.45) is 0 Å².